The Morgan fingerprint density at radius 2 is 1.50 bits per heavy atom. The van der Waals surface area contributed by atoms with Crippen LogP contribution in [-0.4, -0.2) is 50.0 Å². The maximum atomic E-state index is 14.5. The minimum absolute atomic E-state index is 0.0631. The largest absolute Gasteiger partial charge is 0.352 e. The molecule has 1 N–H and O–H groups in total. The van der Waals surface area contributed by atoms with Gasteiger partial charge >= 0.3 is 0 Å². The predicted octanol–water partition coefficient (Wildman–Crippen LogP) is 6.00. The Bertz CT molecular complexity index is 1700. The lowest BCUT2D eigenvalue weighted by Gasteiger charge is -2.35. The van der Waals surface area contributed by atoms with Crippen molar-refractivity contribution in [2.24, 2.45) is 0 Å². The summed E-state index contributed by atoms with van der Waals surface area (Å²) in [6.07, 6.45) is 6.54. The van der Waals surface area contributed by atoms with E-state index in [0.29, 0.717) is 12.1 Å². The molecule has 0 unspecified atom stereocenters. The highest BCUT2D eigenvalue weighted by molar-refractivity contribution is 7.92. The van der Waals surface area contributed by atoms with Crippen molar-refractivity contribution in [2.45, 2.75) is 64.1 Å². The van der Waals surface area contributed by atoms with Crippen molar-refractivity contribution in [1.29, 1.82) is 0 Å². The molecule has 7 nitrogen and oxygen atoms in total. The van der Waals surface area contributed by atoms with Gasteiger partial charge in [-0.3, -0.25) is 13.9 Å². The topological polar surface area (TPSA) is 86.8 Å². The minimum Gasteiger partial charge on any atom is -0.352 e. The highest BCUT2D eigenvalue weighted by atomic mass is 32.2. The van der Waals surface area contributed by atoms with Gasteiger partial charge in [-0.2, -0.15) is 0 Å². The molecule has 44 heavy (non-hydrogen) atoms. The monoisotopic (exact) mass is 611 g/mol. The molecule has 1 atom stereocenters. The van der Waals surface area contributed by atoms with Crippen LogP contribution in [0.15, 0.2) is 97.1 Å². The zero-order chi connectivity index (χ0) is 31.1. The standard InChI is InChI=1S/C36H41N3O4S/c1-27-14-9-10-18-30(27)25-38(34(24-28-15-5-3-6-16-28)36(41)37-31-20-7-4-8-21-31)35(40)26-39(44(2,42)43)33-23-13-19-29-17-11-12-22-32(29)33/h3,5-6,9-19,22-23,31,34H,4,7-8,20-21,24-26H2,1-2H3,(H,37,41)/t34-/m1/s1. The fourth-order valence-electron chi connectivity index (χ4n) is 6.09. The van der Waals surface area contributed by atoms with Gasteiger partial charge in [-0.1, -0.05) is 110 Å². The second kappa shape index (κ2) is 14.1. The third-order valence-corrected chi connectivity index (χ3v) is 9.67. The molecule has 0 aromatic heterocycles. The van der Waals surface area contributed by atoms with Crippen LogP contribution in [0.3, 0.4) is 0 Å². The molecule has 1 saturated carbocycles. The lowest BCUT2D eigenvalue weighted by molar-refractivity contribution is -0.140. The van der Waals surface area contributed by atoms with Crippen molar-refractivity contribution >= 4 is 38.3 Å². The summed E-state index contributed by atoms with van der Waals surface area (Å²) in [7, 11) is -3.86. The smallest absolute Gasteiger partial charge is 0.244 e. The average Bonchev–Trinajstić information content (AvgIpc) is 3.02. The van der Waals surface area contributed by atoms with Crippen molar-refractivity contribution < 1.29 is 18.0 Å². The molecular formula is C36H41N3O4S. The number of hydrogen-bond acceptors (Lipinski definition) is 4. The average molecular weight is 612 g/mol. The molecule has 1 aliphatic carbocycles. The molecule has 230 valence electrons. The van der Waals surface area contributed by atoms with Crippen LogP contribution in [0.5, 0.6) is 0 Å². The van der Waals surface area contributed by atoms with E-state index in [-0.39, 0.29) is 18.5 Å². The van der Waals surface area contributed by atoms with Gasteiger partial charge in [0.25, 0.3) is 0 Å². The fraction of sp³-hybridized carbons (Fsp3) is 0.333. The zero-order valence-electron chi connectivity index (χ0n) is 25.5. The quantitative estimate of drug-likeness (QED) is 0.225. The fourth-order valence-corrected chi connectivity index (χ4v) is 6.95. The van der Waals surface area contributed by atoms with Gasteiger partial charge in [-0.15, -0.1) is 0 Å². The molecule has 0 aliphatic heterocycles. The predicted molar refractivity (Wildman–Crippen MR) is 177 cm³/mol. The molecule has 4 aromatic rings. The number of sulfonamides is 1. The number of hydrogen-bond donors (Lipinski definition) is 1. The summed E-state index contributed by atoms with van der Waals surface area (Å²) in [6.45, 7) is 1.72. The number of rotatable bonds is 11. The molecule has 1 fully saturated rings. The SMILES string of the molecule is Cc1ccccc1CN(C(=O)CN(c1cccc2ccccc12)S(C)(=O)=O)[C@H](Cc1ccccc1)C(=O)NC1CCCCC1. The van der Waals surface area contributed by atoms with Crippen LogP contribution in [0.4, 0.5) is 5.69 Å². The second-order valence-corrected chi connectivity index (χ2v) is 13.7. The summed E-state index contributed by atoms with van der Waals surface area (Å²) < 4.78 is 27.7. The van der Waals surface area contributed by atoms with Crippen molar-refractivity contribution in [3.05, 3.63) is 114 Å². The van der Waals surface area contributed by atoms with E-state index in [1.54, 1.807) is 17.0 Å². The van der Waals surface area contributed by atoms with Crippen LogP contribution in [0.2, 0.25) is 0 Å². The van der Waals surface area contributed by atoms with E-state index in [4.69, 9.17) is 0 Å². The van der Waals surface area contributed by atoms with Crippen molar-refractivity contribution in [3.8, 4) is 0 Å². The number of carbonyl (C=O) groups excluding carboxylic acids is 2. The van der Waals surface area contributed by atoms with Gasteiger partial charge in [0, 0.05) is 24.4 Å². The van der Waals surface area contributed by atoms with Crippen LogP contribution >= 0.6 is 0 Å². The molecule has 0 saturated heterocycles. The molecule has 0 heterocycles. The van der Waals surface area contributed by atoms with Crippen molar-refractivity contribution in [1.82, 2.24) is 10.2 Å². The first-order valence-electron chi connectivity index (χ1n) is 15.3. The van der Waals surface area contributed by atoms with E-state index in [1.165, 1.54) is 4.31 Å². The van der Waals surface area contributed by atoms with Gasteiger partial charge in [0.15, 0.2) is 0 Å². The van der Waals surface area contributed by atoms with E-state index in [9.17, 15) is 18.0 Å². The van der Waals surface area contributed by atoms with Crippen molar-refractivity contribution in [3.63, 3.8) is 0 Å². The molecule has 5 rings (SSSR count). The zero-order valence-corrected chi connectivity index (χ0v) is 26.3. The number of fused-ring (bicyclic) bond motifs is 1. The summed E-state index contributed by atoms with van der Waals surface area (Å²) in [5.74, 6) is -0.648. The maximum Gasteiger partial charge on any atom is 0.244 e. The summed E-state index contributed by atoms with van der Waals surface area (Å²) >= 11 is 0. The molecule has 0 bridgehead atoms. The van der Waals surface area contributed by atoms with Crippen LogP contribution in [0.25, 0.3) is 10.8 Å². The van der Waals surface area contributed by atoms with Crippen molar-refractivity contribution in [2.75, 3.05) is 17.1 Å². The Labute approximate surface area is 260 Å². The van der Waals surface area contributed by atoms with E-state index >= 15 is 0 Å². The molecule has 2 amide bonds. The van der Waals surface area contributed by atoms with Gasteiger partial charge in [0.2, 0.25) is 21.8 Å². The van der Waals surface area contributed by atoms with Crippen LogP contribution in [0, 0.1) is 6.92 Å². The normalized spacial score (nSPS) is 14.6. The summed E-state index contributed by atoms with van der Waals surface area (Å²) in [5.41, 5.74) is 3.25. The number of benzene rings is 4. The molecule has 1 aliphatic rings. The Hall–Kier alpha value is -4.17. The highest BCUT2D eigenvalue weighted by Gasteiger charge is 2.34. The molecule has 8 heteroatoms. The Kier molecular flexibility index (Phi) is 10.0. The number of amides is 2. The lowest BCUT2D eigenvalue weighted by Crippen LogP contribution is -2.55. The number of anilines is 1. The summed E-state index contributed by atoms with van der Waals surface area (Å²) in [5, 5.41) is 4.85. The molecular weight excluding hydrogens is 570 g/mol. The number of carbonyl (C=O) groups is 2. The third kappa shape index (κ3) is 7.66. The summed E-state index contributed by atoms with van der Waals surface area (Å²) in [6, 6.07) is 29.6. The minimum atomic E-state index is -3.86. The number of nitrogens with one attached hydrogen (secondary N) is 1. The van der Waals surface area contributed by atoms with E-state index in [1.807, 2.05) is 91.9 Å². The first-order valence-corrected chi connectivity index (χ1v) is 17.2. The van der Waals surface area contributed by atoms with Gasteiger partial charge in [0.1, 0.15) is 12.6 Å². The van der Waals surface area contributed by atoms with Gasteiger partial charge in [0.05, 0.1) is 11.9 Å². The van der Waals surface area contributed by atoms with Crippen LogP contribution in [0.1, 0.15) is 48.8 Å². The Morgan fingerprint density at radius 3 is 2.23 bits per heavy atom. The highest BCUT2D eigenvalue weighted by Crippen LogP contribution is 2.29. The van der Waals surface area contributed by atoms with Crippen LogP contribution < -0.4 is 9.62 Å². The number of nitrogens with zero attached hydrogens (tertiary/aromatic N) is 2. The molecule has 0 spiro atoms. The number of aryl methyl sites for hydroxylation is 1. The second-order valence-electron chi connectivity index (χ2n) is 11.8. The van der Waals surface area contributed by atoms with Crippen LogP contribution in [-0.2, 0) is 32.6 Å². The van der Waals surface area contributed by atoms with E-state index in [0.717, 1.165) is 65.8 Å². The third-order valence-electron chi connectivity index (χ3n) is 8.54. The Balaban J connectivity index is 1.55. The van der Waals surface area contributed by atoms with Gasteiger partial charge in [-0.25, -0.2) is 8.42 Å². The van der Waals surface area contributed by atoms with Gasteiger partial charge in [-0.05, 0) is 47.9 Å². The van der Waals surface area contributed by atoms with E-state index < -0.39 is 28.5 Å². The van der Waals surface area contributed by atoms with Gasteiger partial charge < -0.3 is 10.2 Å². The summed E-state index contributed by atoms with van der Waals surface area (Å²) in [4.78, 5) is 30.2. The maximum absolute atomic E-state index is 14.5. The molecule has 0 radical (unpaired) electrons. The first kappa shape index (κ1) is 31.3. The molecule has 4 aromatic carbocycles. The first-order chi connectivity index (χ1) is 21.2. The lowest BCUT2D eigenvalue weighted by atomic mass is 9.94. The van der Waals surface area contributed by atoms with E-state index in [2.05, 4.69) is 5.32 Å². The Morgan fingerprint density at radius 1 is 0.841 bits per heavy atom.